The summed E-state index contributed by atoms with van der Waals surface area (Å²) in [6, 6.07) is 3.77. The van der Waals surface area contributed by atoms with Crippen LogP contribution >= 0.6 is 27.5 Å². The molecular weight excluding hydrogens is 239 g/mol. The molecule has 0 amide bonds. The van der Waals surface area contributed by atoms with Gasteiger partial charge in [-0.05, 0) is 40.5 Å². The second kappa shape index (κ2) is 2.79. The second-order valence-corrected chi connectivity index (χ2v) is 3.89. The highest BCUT2D eigenvalue weighted by atomic mass is 79.9. The normalized spacial score (nSPS) is 10.9. The number of hydrogen-bond donors (Lipinski definition) is 0. The van der Waals surface area contributed by atoms with Gasteiger partial charge in [-0.1, -0.05) is 11.6 Å². The molecular formula is C9H6BrClO. The molecule has 3 heteroatoms. The lowest BCUT2D eigenvalue weighted by Crippen LogP contribution is -1.77. The smallest absolute Gasteiger partial charge is 0.148 e. The summed E-state index contributed by atoms with van der Waals surface area (Å²) in [7, 11) is 0. The Bertz CT molecular complexity index is 433. The highest BCUT2D eigenvalue weighted by Gasteiger charge is 2.07. The van der Waals surface area contributed by atoms with Crippen molar-refractivity contribution in [1.82, 2.24) is 0 Å². The fourth-order valence-corrected chi connectivity index (χ4v) is 2.08. The van der Waals surface area contributed by atoms with E-state index in [0.29, 0.717) is 0 Å². The van der Waals surface area contributed by atoms with E-state index in [1.165, 1.54) is 0 Å². The third-order valence-corrected chi connectivity index (χ3v) is 2.88. The predicted octanol–water partition coefficient (Wildman–Crippen LogP) is 4.16. The largest absolute Gasteiger partial charge is 0.463 e. The van der Waals surface area contributed by atoms with Crippen LogP contribution in [0.25, 0.3) is 11.0 Å². The summed E-state index contributed by atoms with van der Waals surface area (Å²) in [5.41, 5.74) is 1.92. The summed E-state index contributed by atoms with van der Waals surface area (Å²) in [5, 5.41) is 1.82. The van der Waals surface area contributed by atoms with Crippen LogP contribution in [0, 0.1) is 6.92 Å². The third-order valence-electron chi connectivity index (χ3n) is 1.90. The summed E-state index contributed by atoms with van der Waals surface area (Å²) in [6.45, 7) is 1.98. The minimum Gasteiger partial charge on any atom is -0.463 e. The molecule has 0 atom stereocenters. The van der Waals surface area contributed by atoms with Crippen LogP contribution in [-0.4, -0.2) is 0 Å². The number of benzene rings is 1. The number of aryl methyl sites for hydroxylation is 1. The summed E-state index contributed by atoms with van der Waals surface area (Å²) < 4.78 is 6.18. The molecule has 2 rings (SSSR count). The maximum absolute atomic E-state index is 5.98. The molecule has 0 fully saturated rings. The third kappa shape index (κ3) is 1.06. The molecule has 0 unspecified atom stereocenters. The van der Waals surface area contributed by atoms with Crippen molar-refractivity contribution in [2.45, 2.75) is 6.92 Å². The minimum absolute atomic E-state index is 0.760. The lowest BCUT2D eigenvalue weighted by atomic mass is 10.1. The van der Waals surface area contributed by atoms with Gasteiger partial charge in [-0.3, -0.25) is 0 Å². The predicted molar refractivity (Wildman–Crippen MR) is 53.7 cm³/mol. The summed E-state index contributed by atoms with van der Waals surface area (Å²) in [4.78, 5) is 0. The Balaban J connectivity index is 2.97. The maximum Gasteiger partial charge on any atom is 0.148 e. The van der Waals surface area contributed by atoms with Crippen LogP contribution in [0.2, 0.25) is 5.02 Å². The van der Waals surface area contributed by atoms with Crippen LogP contribution in [0.3, 0.4) is 0 Å². The van der Waals surface area contributed by atoms with Crippen molar-refractivity contribution < 1.29 is 4.42 Å². The molecule has 0 aliphatic carbocycles. The van der Waals surface area contributed by atoms with Gasteiger partial charge < -0.3 is 4.42 Å². The van der Waals surface area contributed by atoms with Crippen molar-refractivity contribution in [3.8, 4) is 0 Å². The Kier molecular flexibility index (Phi) is 1.89. The number of furan rings is 1. The van der Waals surface area contributed by atoms with E-state index in [1.54, 1.807) is 6.26 Å². The van der Waals surface area contributed by atoms with Crippen LogP contribution in [0.15, 0.2) is 27.3 Å². The standard InChI is InChI=1S/C9H6BrClO/c1-5-6-2-3-12-9(6)7(10)4-8(5)11/h2-4H,1H3. The van der Waals surface area contributed by atoms with E-state index >= 15 is 0 Å². The highest BCUT2D eigenvalue weighted by Crippen LogP contribution is 2.32. The zero-order valence-electron chi connectivity index (χ0n) is 6.40. The van der Waals surface area contributed by atoms with Crippen molar-refractivity contribution in [1.29, 1.82) is 0 Å². The Morgan fingerprint density at radius 2 is 2.25 bits per heavy atom. The van der Waals surface area contributed by atoms with Gasteiger partial charge in [0.1, 0.15) is 5.58 Å². The lowest BCUT2D eigenvalue weighted by molar-refractivity contribution is 0.614. The topological polar surface area (TPSA) is 13.1 Å². The van der Waals surface area contributed by atoms with E-state index < -0.39 is 0 Å². The zero-order chi connectivity index (χ0) is 8.72. The molecule has 12 heavy (non-hydrogen) atoms. The van der Waals surface area contributed by atoms with Gasteiger partial charge in [0.15, 0.2) is 0 Å². The first kappa shape index (κ1) is 8.14. The van der Waals surface area contributed by atoms with Crippen molar-refractivity contribution in [3.63, 3.8) is 0 Å². The first-order valence-corrected chi connectivity index (χ1v) is 4.69. The van der Waals surface area contributed by atoms with Crippen LogP contribution in [0.4, 0.5) is 0 Å². The van der Waals surface area contributed by atoms with Crippen LogP contribution in [0.1, 0.15) is 5.56 Å². The van der Waals surface area contributed by atoms with E-state index in [0.717, 1.165) is 26.0 Å². The first-order valence-electron chi connectivity index (χ1n) is 3.52. The molecule has 0 saturated carbocycles. The minimum atomic E-state index is 0.760. The fourth-order valence-electron chi connectivity index (χ4n) is 1.20. The molecule has 0 spiro atoms. The molecule has 1 aromatic heterocycles. The molecule has 0 aliphatic rings. The summed E-state index contributed by atoms with van der Waals surface area (Å²) >= 11 is 9.36. The van der Waals surface area contributed by atoms with E-state index in [9.17, 15) is 0 Å². The molecule has 1 heterocycles. The number of hydrogen-bond acceptors (Lipinski definition) is 1. The van der Waals surface area contributed by atoms with Crippen molar-refractivity contribution in [2.75, 3.05) is 0 Å². The van der Waals surface area contributed by atoms with Crippen LogP contribution < -0.4 is 0 Å². The van der Waals surface area contributed by atoms with Gasteiger partial charge in [0, 0.05) is 10.4 Å². The zero-order valence-corrected chi connectivity index (χ0v) is 8.74. The van der Waals surface area contributed by atoms with Gasteiger partial charge >= 0.3 is 0 Å². The van der Waals surface area contributed by atoms with Gasteiger partial charge in [0.25, 0.3) is 0 Å². The van der Waals surface area contributed by atoms with Gasteiger partial charge in [-0.15, -0.1) is 0 Å². The van der Waals surface area contributed by atoms with Gasteiger partial charge in [-0.25, -0.2) is 0 Å². The van der Waals surface area contributed by atoms with Gasteiger partial charge in [0.05, 0.1) is 10.7 Å². The van der Waals surface area contributed by atoms with Crippen LogP contribution in [0.5, 0.6) is 0 Å². The molecule has 0 bridgehead atoms. The highest BCUT2D eigenvalue weighted by molar-refractivity contribution is 9.10. The number of fused-ring (bicyclic) bond motifs is 1. The van der Waals surface area contributed by atoms with E-state index in [2.05, 4.69) is 15.9 Å². The SMILES string of the molecule is Cc1c(Cl)cc(Br)c2occc12. The molecule has 1 nitrogen and oxygen atoms in total. The van der Waals surface area contributed by atoms with Crippen LogP contribution in [-0.2, 0) is 0 Å². The molecule has 2 aromatic rings. The average molecular weight is 246 g/mol. The lowest BCUT2D eigenvalue weighted by Gasteiger charge is -1.99. The van der Waals surface area contributed by atoms with E-state index in [-0.39, 0.29) is 0 Å². The molecule has 1 aromatic carbocycles. The molecule has 0 saturated heterocycles. The van der Waals surface area contributed by atoms with Crippen molar-refractivity contribution in [3.05, 3.63) is 33.5 Å². The fraction of sp³-hybridized carbons (Fsp3) is 0.111. The van der Waals surface area contributed by atoms with E-state index in [4.69, 9.17) is 16.0 Å². The monoisotopic (exact) mass is 244 g/mol. The summed E-state index contributed by atoms with van der Waals surface area (Å²) in [6.07, 6.45) is 1.67. The average Bonchev–Trinajstić information content (AvgIpc) is 2.48. The maximum atomic E-state index is 5.98. The number of halogens is 2. The van der Waals surface area contributed by atoms with E-state index in [1.807, 2.05) is 19.1 Å². The Labute approximate surface area is 83.4 Å². The Morgan fingerprint density at radius 3 is 3.00 bits per heavy atom. The summed E-state index contributed by atoms with van der Waals surface area (Å²) in [5.74, 6) is 0. The Morgan fingerprint density at radius 1 is 1.50 bits per heavy atom. The first-order chi connectivity index (χ1) is 5.70. The van der Waals surface area contributed by atoms with Gasteiger partial charge in [0.2, 0.25) is 0 Å². The molecule has 0 radical (unpaired) electrons. The number of rotatable bonds is 0. The molecule has 62 valence electrons. The second-order valence-electron chi connectivity index (χ2n) is 2.63. The van der Waals surface area contributed by atoms with Crippen molar-refractivity contribution in [2.24, 2.45) is 0 Å². The van der Waals surface area contributed by atoms with Gasteiger partial charge in [-0.2, -0.15) is 0 Å². The van der Waals surface area contributed by atoms with Crippen molar-refractivity contribution >= 4 is 38.5 Å². The molecule has 0 N–H and O–H groups in total. The Hall–Kier alpha value is -0.470. The molecule has 0 aliphatic heterocycles. The quantitative estimate of drug-likeness (QED) is 0.679.